The molecule has 26 heavy (non-hydrogen) atoms. The molecule has 144 valence electrons. The number of rotatable bonds is 5. The number of likely N-dealkylation sites (tertiary alicyclic amines) is 1. The van der Waals surface area contributed by atoms with E-state index in [0.29, 0.717) is 17.9 Å². The number of nitrogen functional groups attached to an aromatic ring is 1. The molecule has 1 aliphatic carbocycles. The van der Waals surface area contributed by atoms with Crippen molar-refractivity contribution in [2.75, 3.05) is 32.5 Å². The van der Waals surface area contributed by atoms with E-state index in [9.17, 15) is 4.79 Å². The number of methoxy groups -OCH3 is 1. The molecule has 1 saturated heterocycles. The first kappa shape index (κ1) is 19.0. The summed E-state index contributed by atoms with van der Waals surface area (Å²) in [6, 6.07) is 4.90. The van der Waals surface area contributed by atoms with E-state index in [0.717, 1.165) is 58.2 Å². The van der Waals surface area contributed by atoms with Gasteiger partial charge in [0.05, 0.1) is 7.11 Å². The molecule has 0 aromatic carbocycles. The van der Waals surface area contributed by atoms with Gasteiger partial charge in [0.25, 0.3) is 0 Å². The Labute approximate surface area is 156 Å². The lowest BCUT2D eigenvalue weighted by molar-refractivity contribution is 0.0788. The Morgan fingerprint density at radius 1 is 1.38 bits per heavy atom. The van der Waals surface area contributed by atoms with Gasteiger partial charge in [0.2, 0.25) is 0 Å². The first-order chi connectivity index (χ1) is 12.6. The van der Waals surface area contributed by atoms with Gasteiger partial charge >= 0.3 is 6.09 Å². The van der Waals surface area contributed by atoms with E-state index in [4.69, 9.17) is 10.5 Å². The van der Waals surface area contributed by atoms with Gasteiger partial charge in [-0.15, -0.1) is 0 Å². The Morgan fingerprint density at radius 2 is 2.23 bits per heavy atom. The maximum Gasteiger partial charge on any atom is 0.409 e. The second kappa shape index (κ2) is 8.71. The number of fused-ring (bicyclic) bond motifs is 1. The van der Waals surface area contributed by atoms with Crippen LogP contribution in [-0.2, 0) is 17.6 Å². The van der Waals surface area contributed by atoms with Crippen LogP contribution in [0.4, 0.5) is 10.6 Å². The molecule has 1 aromatic rings. The van der Waals surface area contributed by atoms with E-state index in [2.05, 4.69) is 22.9 Å². The monoisotopic (exact) mass is 360 g/mol. The second-order valence-corrected chi connectivity index (χ2v) is 7.47. The number of likely N-dealkylation sites (N-methyl/N-ethyl adjacent to an activating group) is 1. The fourth-order valence-electron chi connectivity index (χ4n) is 4.49. The highest BCUT2D eigenvalue weighted by atomic mass is 16.5. The summed E-state index contributed by atoms with van der Waals surface area (Å²) in [5.74, 6) is 0.620. The van der Waals surface area contributed by atoms with Crippen molar-refractivity contribution in [3.63, 3.8) is 0 Å². The van der Waals surface area contributed by atoms with Crippen molar-refractivity contribution in [1.82, 2.24) is 14.8 Å². The minimum atomic E-state index is -0.173. The highest BCUT2D eigenvalue weighted by Gasteiger charge is 2.29. The van der Waals surface area contributed by atoms with E-state index < -0.39 is 0 Å². The predicted molar refractivity (Wildman–Crippen MR) is 103 cm³/mol. The summed E-state index contributed by atoms with van der Waals surface area (Å²) in [7, 11) is 1.48. The summed E-state index contributed by atoms with van der Waals surface area (Å²) in [5.41, 5.74) is 8.32. The summed E-state index contributed by atoms with van der Waals surface area (Å²) in [5, 5.41) is 0. The van der Waals surface area contributed by atoms with Gasteiger partial charge in [-0.05, 0) is 63.1 Å². The Kier molecular flexibility index (Phi) is 6.35. The van der Waals surface area contributed by atoms with E-state index in [1.807, 2.05) is 11.0 Å². The first-order valence-electron chi connectivity index (χ1n) is 9.95. The van der Waals surface area contributed by atoms with Crippen LogP contribution in [0.1, 0.15) is 50.3 Å². The molecule has 2 N–H and O–H groups in total. The Bertz CT molecular complexity index is 622. The number of ether oxygens (including phenoxy) is 1. The zero-order valence-corrected chi connectivity index (χ0v) is 16.1. The largest absolute Gasteiger partial charge is 0.453 e. The summed E-state index contributed by atoms with van der Waals surface area (Å²) < 4.78 is 4.97. The van der Waals surface area contributed by atoms with Gasteiger partial charge in [0.15, 0.2) is 0 Å². The number of pyridine rings is 1. The smallest absolute Gasteiger partial charge is 0.409 e. The zero-order valence-electron chi connectivity index (χ0n) is 16.1. The molecule has 1 aromatic heterocycles. The van der Waals surface area contributed by atoms with Crippen molar-refractivity contribution >= 4 is 11.9 Å². The molecule has 2 heterocycles. The maximum absolute atomic E-state index is 12.0. The SMILES string of the molecule is CCN(CCC1CCCCN1C(=O)OC)C1CCc2nc(N)ccc2C1. The van der Waals surface area contributed by atoms with Crippen molar-refractivity contribution in [3.8, 4) is 0 Å². The molecule has 2 aliphatic rings. The normalized spacial score (nSPS) is 23.0. The van der Waals surface area contributed by atoms with Gasteiger partial charge in [-0.1, -0.05) is 13.0 Å². The number of hydrogen-bond acceptors (Lipinski definition) is 5. The van der Waals surface area contributed by atoms with Gasteiger partial charge in [-0.25, -0.2) is 9.78 Å². The fraction of sp³-hybridized carbons (Fsp3) is 0.700. The average molecular weight is 361 g/mol. The van der Waals surface area contributed by atoms with Crippen molar-refractivity contribution < 1.29 is 9.53 Å². The van der Waals surface area contributed by atoms with Crippen molar-refractivity contribution in [2.24, 2.45) is 0 Å². The third-order valence-electron chi connectivity index (χ3n) is 5.97. The van der Waals surface area contributed by atoms with Crippen LogP contribution in [0.2, 0.25) is 0 Å². The van der Waals surface area contributed by atoms with Crippen LogP contribution in [0.25, 0.3) is 0 Å². The van der Waals surface area contributed by atoms with Gasteiger partial charge in [-0.2, -0.15) is 0 Å². The third kappa shape index (κ3) is 4.29. The summed E-state index contributed by atoms with van der Waals surface area (Å²) in [6.45, 7) is 5.12. The minimum absolute atomic E-state index is 0.173. The van der Waals surface area contributed by atoms with Crippen LogP contribution in [0, 0.1) is 0 Å². The molecule has 6 nitrogen and oxygen atoms in total. The maximum atomic E-state index is 12.0. The van der Waals surface area contributed by atoms with Crippen LogP contribution in [0.3, 0.4) is 0 Å². The Morgan fingerprint density at radius 3 is 3.00 bits per heavy atom. The van der Waals surface area contributed by atoms with Crippen molar-refractivity contribution in [1.29, 1.82) is 0 Å². The van der Waals surface area contributed by atoms with Crippen LogP contribution < -0.4 is 5.73 Å². The van der Waals surface area contributed by atoms with Crippen LogP contribution >= 0.6 is 0 Å². The van der Waals surface area contributed by atoms with Crippen LogP contribution in [-0.4, -0.2) is 59.7 Å². The average Bonchev–Trinajstić information content (AvgIpc) is 2.68. The Balaban J connectivity index is 1.59. The van der Waals surface area contributed by atoms with Gasteiger partial charge in [-0.3, -0.25) is 0 Å². The first-order valence-corrected chi connectivity index (χ1v) is 9.95. The van der Waals surface area contributed by atoms with Crippen LogP contribution in [0.15, 0.2) is 12.1 Å². The number of carbonyl (C=O) groups is 1. The van der Waals surface area contributed by atoms with Crippen molar-refractivity contribution in [2.45, 2.75) is 64.0 Å². The summed E-state index contributed by atoms with van der Waals surface area (Å²) in [6.07, 6.45) is 7.39. The molecule has 0 saturated carbocycles. The molecule has 0 bridgehead atoms. The molecule has 1 fully saturated rings. The summed E-state index contributed by atoms with van der Waals surface area (Å²) >= 11 is 0. The van der Waals surface area contributed by atoms with Gasteiger partial charge < -0.3 is 20.3 Å². The van der Waals surface area contributed by atoms with Gasteiger partial charge in [0.1, 0.15) is 5.82 Å². The summed E-state index contributed by atoms with van der Waals surface area (Å²) in [4.78, 5) is 21.0. The number of aryl methyl sites for hydroxylation is 1. The molecule has 6 heteroatoms. The number of piperidine rings is 1. The molecule has 1 amide bonds. The molecular weight excluding hydrogens is 328 g/mol. The second-order valence-electron chi connectivity index (χ2n) is 7.47. The molecule has 3 rings (SSSR count). The molecular formula is C20H32N4O2. The highest BCUT2D eigenvalue weighted by Crippen LogP contribution is 2.26. The minimum Gasteiger partial charge on any atom is -0.453 e. The lowest BCUT2D eigenvalue weighted by Gasteiger charge is -2.38. The van der Waals surface area contributed by atoms with Gasteiger partial charge in [0, 0.05) is 30.9 Å². The molecule has 2 unspecified atom stereocenters. The third-order valence-corrected chi connectivity index (χ3v) is 5.97. The van der Waals surface area contributed by atoms with Crippen LogP contribution in [0.5, 0.6) is 0 Å². The number of hydrogen-bond donors (Lipinski definition) is 1. The number of amides is 1. The predicted octanol–water partition coefficient (Wildman–Crippen LogP) is 2.85. The lowest BCUT2D eigenvalue weighted by Crippen LogP contribution is -2.47. The Hall–Kier alpha value is -1.82. The molecule has 1 aliphatic heterocycles. The molecule has 0 radical (unpaired) electrons. The van der Waals surface area contributed by atoms with Crippen molar-refractivity contribution in [3.05, 3.63) is 23.4 Å². The number of aromatic nitrogens is 1. The fourth-order valence-corrected chi connectivity index (χ4v) is 4.49. The highest BCUT2D eigenvalue weighted by molar-refractivity contribution is 5.67. The number of anilines is 1. The zero-order chi connectivity index (χ0) is 18.5. The lowest BCUT2D eigenvalue weighted by atomic mass is 9.90. The number of nitrogens with zero attached hydrogens (tertiary/aromatic N) is 3. The standard InChI is InChI=1S/C20H32N4O2/c1-3-23(13-11-16-6-4-5-12-24(16)20(25)26-2)17-8-9-18-15(14-17)7-10-19(21)22-18/h7,10,16-17H,3-6,8-9,11-14H2,1-2H3,(H2,21,22). The van der Waals surface area contributed by atoms with E-state index in [1.54, 1.807) is 0 Å². The molecule has 0 spiro atoms. The number of nitrogens with two attached hydrogens (primary N) is 1. The van der Waals surface area contributed by atoms with E-state index >= 15 is 0 Å². The quantitative estimate of drug-likeness (QED) is 0.874. The molecule has 2 atom stereocenters. The van der Waals surface area contributed by atoms with E-state index in [-0.39, 0.29) is 6.09 Å². The topological polar surface area (TPSA) is 71.7 Å². The number of carbonyl (C=O) groups excluding carboxylic acids is 1. The van der Waals surface area contributed by atoms with E-state index in [1.165, 1.54) is 24.8 Å².